The van der Waals surface area contributed by atoms with Crippen LogP contribution in [-0.4, -0.2) is 18.5 Å². The van der Waals surface area contributed by atoms with Gasteiger partial charge in [0.05, 0.1) is 22.5 Å². The average molecular weight is 358 g/mol. The Hall–Kier alpha value is -2.93. The number of rotatable bonds is 4. The van der Waals surface area contributed by atoms with Gasteiger partial charge in [-0.05, 0) is 55.0 Å². The Labute approximate surface area is 144 Å². The molecule has 2 N–H and O–H groups in total. The SMILES string of the molecule is Cc1ccc(-c2ccc(F)cn2)cc1NS(=O)(=O)c1ccc(O)cc1. The molecule has 0 unspecified atom stereocenters. The van der Waals surface area contributed by atoms with Crippen LogP contribution in [0.3, 0.4) is 0 Å². The summed E-state index contributed by atoms with van der Waals surface area (Å²) in [6, 6.07) is 13.3. The second-order valence-electron chi connectivity index (χ2n) is 5.49. The van der Waals surface area contributed by atoms with E-state index in [-0.39, 0.29) is 10.6 Å². The Morgan fingerprint density at radius 1 is 1.04 bits per heavy atom. The number of aromatic nitrogens is 1. The molecule has 5 nitrogen and oxygen atoms in total. The molecule has 1 aromatic heterocycles. The lowest BCUT2D eigenvalue weighted by molar-refractivity contribution is 0.475. The minimum atomic E-state index is -3.80. The zero-order valence-corrected chi connectivity index (χ0v) is 14.1. The molecule has 25 heavy (non-hydrogen) atoms. The zero-order chi connectivity index (χ0) is 18.0. The number of nitrogens with zero attached hydrogens (tertiary/aromatic N) is 1. The smallest absolute Gasteiger partial charge is 0.261 e. The summed E-state index contributed by atoms with van der Waals surface area (Å²) >= 11 is 0. The molecule has 0 aliphatic rings. The molecule has 0 aliphatic carbocycles. The van der Waals surface area contributed by atoms with Crippen LogP contribution < -0.4 is 4.72 Å². The van der Waals surface area contributed by atoms with Crippen molar-refractivity contribution in [2.24, 2.45) is 0 Å². The van der Waals surface area contributed by atoms with E-state index in [9.17, 15) is 17.9 Å². The van der Waals surface area contributed by atoms with Crippen molar-refractivity contribution in [2.75, 3.05) is 4.72 Å². The van der Waals surface area contributed by atoms with Crippen molar-refractivity contribution in [3.8, 4) is 17.0 Å². The number of aromatic hydroxyl groups is 1. The molecular weight excluding hydrogens is 343 g/mol. The Morgan fingerprint density at radius 2 is 1.76 bits per heavy atom. The van der Waals surface area contributed by atoms with Gasteiger partial charge in [0.15, 0.2) is 0 Å². The predicted octanol–water partition coefficient (Wildman–Crippen LogP) is 3.70. The fraction of sp³-hybridized carbons (Fsp3) is 0.0556. The summed E-state index contributed by atoms with van der Waals surface area (Å²) in [6.07, 6.45) is 1.11. The Balaban J connectivity index is 1.95. The van der Waals surface area contributed by atoms with Gasteiger partial charge in [0.25, 0.3) is 10.0 Å². The lowest BCUT2D eigenvalue weighted by Gasteiger charge is -2.12. The number of halogens is 1. The third-order valence-electron chi connectivity index (χ3n) is 3.65. The first-order valence-electron chi connectivity index (χ1n) is 7.39. The second kappa shape index (κ2) is 6.52. The second-order valence-corrected chi connectivity index (χ2v) is 7.17. The van der Waals surface area contributed by atoms with Gasteiger partial charge in [-0.3, -0.25) is 9.71 Å². The van der Waals surface area contributed by atoms with E-state index in [1.807, 2.05) is 0 Å². The molecule has 0 fully saturated rings. The van der Waals surface area contributed by atoms with Crippen LogP contribution in [0.2, 0.25) is 0 Å². The van der Waals surface area contributed by atoms with Crippen molar-refractivity contribution in [2.45, 2.75) is 11.8 Å². The first kappa shape index (κ1) is 16.9. The molecule has 0 aliphatic heterocycles. The number of benzene rings is 2. The molecule has 0 saturated carbocycles. The number of pyridine rings is 1. The highest BCUT2D eigenvalue weighted by atomic mass is 32.2. The number of hydrogen-bond acceptors (Lipinski definition) is 4. The summed E-state index contributed by atoms with van der Waals surface area (Å²) in [7, 11) is -3.80. The number of hydrogen-bond donors (Lipinski definition) is 2. The Morgan fingerprint density at radius 3 is 2.40 bits per heavy atom. The number of aryl methyl sites for hydroxylation is 1. The summed E-state index contributed by atoms with van der Waals surface area (Å²) in [6.45, 7) is 1.77. The van der Waals surface area contributed by atoms with Crippen LogP contribution in [-0.2, 0) is 10.0 Å². The highest BCUT2D eigenvalue weighted by molar-refractivity contribution is 7.92. The molecule has 1 heterocycles. The van der Waals surface area contributed by atoms with Gasteiger partial charge in [0, 0.05) is 5.56 Å². The number of phenols is 1. The number of anilines is 1. The highest BCUT2D eigenvalue weighted by Gasteiger charge is 2.16. The van der Waals surface area contributed by atoms with Crippen molar-refractivity contribution < 1.29 is 17.9 Å². The maximum absolute atomic E-state index is 13.0. The summed E-state index contributed by atoms with van der Waals surface area (Å²) in [4.78, 5) is 4.04. The van der Waals surface area contributed by atoms with E-state index in [1.54, 1.807) is 25.1 Å². The van der Waals surface area contributed by atoms with Gasteiger partial charge in [-0.25, -0.2) is 12.8 Å². The Bertz CT molecular complexity index is 1000. The molecule has 3 rings (SSSR count). The van der Waals surface area contributed by atoms with Gasteiger partial charge in [-0.2, -0.15) is 0 Å². The molecule has 2 aromatic carbocycles. The monoisotopic (exact) mass is 358 g/mol. The lowest BCUT2D eigenvalue weighted by Crippen LogP contribution is -2.13. The van der Waals surface area contributed by atoms with Crippen molar-refractivity contribution >= 4 is 15.7 Å². The van der Waals surface area contributed by atoms with Gasteiger partial charge in [-0.15, -0.1) is 0 Å². The van der Waals surface area contributed by atoms with Gasteiger partial charge < -0.3 is 5.11 Å². The van der Waals surface area contributed by atoms with Gasteiger partial charge in [-0.1, -0.05) is 12.1 Å². The van der Waals surface area contributed by atoms with E-state index in [2.05, 4.69) is 9.71 Å². The molecule has 0 bridgehead atoms. The summed E-state index contributed by atoms with van der Waals surface area (Å²) in [5, 5.41) is 9.29. The van der Waals surface area contributed by atoms with Crippen molar-refractivity contribution in [1.82, 2.24) is 4.98 Å². The quantitative estimate of drug-likeness (QED) is 0.745. The third-order valence-corrected chi connectivity index (χ3v) is 5.03. The predicted molar refractivity (Wildman–Crippen MR) is 93.3 cm³/mol. The molecule has 0 saturated heterocycles. The summed E-state index contributed by atoms with van der Waals surface area (Å²) in [5.41, 5.74) is 2.32. The first-order chi connectivity index (χ1) is 11.8. The molecule has 128 valence electrons. The van der Waals surface area contributed by atoms with Crippen molar-refractivity contribution in [3.63, 3.8) is 0 Å². The van der Waals surface area contributed by atoms with E-state index in [0.717, 1.165) is 11.8 Å². The average Bonchev–Trinajstić information content (AvgIpc) is 2.58. The van der Waals surface area contributed by atoms with E-state index in [4.69, 9.17) is 0 Å². The largest absolute Gasteiger partial charge is 0.508 e. The van der Waals surface area contributed by atoms with E-state index in [1.165, 1.54) is 36.4 Å². The van der Waals surface area contributed by atoms with Gasteiger partial charge in [0.1, 0.15) is 11.6 Å². The number of nitrogens with one attached hydrogen (secondary N) is 1. The Kier molecular flexibility index (Phi) is 4.41. The number of sulfonamides is 1. The fourth-order valence-electron chi connectivity index (χ4n) is 2.27. The molecule has 0 radical (unpaired) electrons. The maximum atomic E-state index is 13.0. The van der Waals surface area contributed by atoms with Crippen LogP contribution in [0.1, 0.15) is 5.56 Å². The summed E-state index contributed by atoms with van der Waals surface area (Å²) in [5.74, 6) is -0.455. The molecular formula is C18H15FN2O3S. The lowest BCUT2D eigenvalue weighted by atomic mass is 10.1. The van der Waals surface area contributed by atoms with E-state index >= 15 is 0 Å². The van der Waals surface area contributed by atoms with Gasteiger partial charge >= 0.3 is 0 Å². The maximum Gasteiger partial charge on any atom is 0.261 e. The minimum absolute atomic E-state index is 0.0143. The first-order valence-corrected chi connectivity index (χ1v) is 8.88. The van der Waals surface area contributed by atoms with Crippen LogP contribution in [0.15, 0.2) is 65.7 Å². The fourth-order valence-corrected chi connectivity index (χ4v) is 3.39. The van der Waals surface area contributed by atoms with E-state index < -0.39 is 15.8 Å². The highest BCUT2D eigenvalue weighted by Crippen LogP contribution is 2.26. The topological polar surface area (TPSA) is 79.3 Å². The standard InChI is InChI=1S/C18H15FN2O3S/c1-12-2-3-13(17-9-4-14(19)11-20-17)10-18(12)21-25(23,24)16-7-5-15(22)6-8-16/h2-11,21-22H,1H3. The van der Waals surface area contributed by atoms with Crippen LogP contribution in [0.4, 0.5) is 10.1 Å². The normalized spacial score (nSPS) is 11.3. The molecule has 0 spiro atoms. The van der Waals surface area contributed by atoms with Crippen LogP contribution in [0.25, 0.3) is 11.3 Å². The molecule has 0 atom stereocenters. The minimum Gasteiger partial charge on any atom is -0.508 e. The van der Waals surface area contributed by atoms with Gasteiger partial charge in [0.2, 0.25) is 0 Å². The van der Waals surface area contributed by atoms with Crippen molar-refractivity contribution in [3.05, 3.63) is 72.2 Å². The molecule has 7 heteroatoms. The molecule has 3 aromatic rings. The number of phenolic OH excluding ortho intramolecular Hbond substituents is 1. The molecule has 0 amide bonds. The van der Waals surface area contributed by atoms with E-state index in [0.29, 0.717) is 16.9 Å². The zero-order valence-electron chi connectivity index (χ0n) is 13.3. The van der Waals surface area contributed by atoms with Crippen molar-refractivity contribution in [1.29, 1.82) is 0 Å². The third kappa shape index (κ3) is 3.77. The van der Waals surface area contributed by atoms with Crippen LogP contribution in [0.5, 0.6) is 5.75 Å². The van der Waals surface area contributed by atoms with Crippen LogP contribution >= 0.6 is 0 Å². The summed E-state index contributed by atoms with van der Waals surface area (Å²) < 4.78 is 40.5. The van der Waals surface area contributed by atoms with Crippen LogP contribution in [0, 0.1) is 12.7 Å².